The van der Waals surface area contributed by atoms with Crippen LogP contribution in [0.3, 0.4) is 0 Å². The van der Waals surface area contributed by atoms with Gasteiger partial charge in [0.25, 0.3) is 0 Å². The Balaban J connectivity index is 1.45. The lowest BCUT2D eigenvalue weighted by Crippen LogP contribution is -2.34. The average molecular weight is 403 g/mol. The van der Waals surface area contributed by atoms with Gasteiger partial charge in [0.05, 0.1) is 16.7 Å². The van der Waals surface area contributed by atoms with Crippen molar-refractivity contribution in [2.45, 2.75) is 47.1 Å². The number of aryl methyl sites for hydroxylation is 1. The Bertz CT molecular complexity index is 1000. The molecule has 3 aromatic rings. The van der Waals surface area contributed by atoms with Crippen molar-refractivity contribution in [3.05, 3.63) is 71.3 Å². The molecule has 0 saturated carbocycles. The predicted molar refractivity (Wildman–Crippen MR) is 124 cm³/mol. The highest BCUT2D eigenvalue weighted by Gasteiger charge is 2.31. The van der Waals surface area contributed by atoms with Crippen molar-refractivity contribution < 1.29 is 0 Å². The molecule has 1 aliphatic rings. The number of para-hydroxylation sites is 1. The Morgan fingerprint density at radius 3 is 2.73 bits per heavy atom. The maximum absolute atomic E-state index is 4.91. The number of nitrogens with one attached hydrogen (secondary N) is 2. The van der Waals surface area contributed by atoms with Crippen molar-refractivity contribution in [2.75, 3.05) is 6.54 Å². The number of H-pyrrole nitrogens is 1. The molecular formula is C26H34N4. The largest absolute Gasteiger partial charge is 0.342 e. The van der Waals surface area contributed by atoms with Gasteiger partial charge in [0.2, 0.25) is 0 Å². The predicted octanol–water partition coefficient (Wildman–Crippen LogP) is 5.45. The molecule has 1 aliphatic carbocycles. The number of aromatic nitrogens is 3. The maximum atomic E-state index is 4.91. The van der Waals surface area contributed by atoms with Gasteiger partial charge < -0.3 is 10.3 Å². The van der Waals surface area contributed by atoms with E-state index in [1.807, 2.05) is 12.3 Å². The third-order valence-electron chi connectivity index (χ3n) is 6.70. The summed E-state index contributed by atoms with van der Waals surface area (Å²) in [7, 11) is 0. The lowest BCUT2D eigenvalue weighted by atomic mass is 9.70. The minimum Gasteiger partial charge on any atom is -0.342 e. The zero-order valence-corrected chi connectivity index (χ0v) is 18.7. The summed E-state index contributed by atoms with van der Waals surface area (Å²) in [5, 5.41) is 3.64. The van der Waals surface area contributed by atoms with E-state index in [4.69, 9.17) is 4.98 Å². The number of pyridine rings is 1. The number of hydrogen-bond donors (Lipinski definition) is 2. The monoisotopic (exact) mass is 402 g/mol. The lowest BCUT2D eigenvalue weighted by molar-refractivity contribution is 0.221. The minimum absolute atomic E-state index is 0.560. The Morgan fingerprint density at radius 2 is 2.00 bits per heavy atom. The van der Waals surface area contributed by atoms with Crippen LogP contribution >= 0.6 is 0 Å². The highest BCUT2D eigenvalue weighted by Crippen LogP contribution is 2.38. The van der Waals surface area contributed by atoms with Crippen LogP contribution in [-0.4, -0.2) is 21.5 Å². The van der Waals surface area contributed by atoms with Crippen molar-refractivity contribution in [3.8, 4) is 0 Å². The molecule has 0 amide bonds. The summed E-state index contributed by atoms with van der Waals surface area (Å²) >= 11 is 0. The fraction of sp³-hybridized carbons (Fsp3) is 0.462. The number of benzene rings is 1. The van der Waals surface area contributed by atoms with Crippen LogP contribution in [-0.2, 0) is 13.0 Å². The summed E-state index contributed by atoms with van der Waals surface area (Å²) < 4.78 is 0. The van der Waals surface area contributed by atoms with Crippen LogP contribution < -0.4 is 5.32 Å². The third kappa shape index (κ3) is 4.65. The molecule has 3 atom stereocenters. The number of rotatable bonds is 7. The standard InChI is InChI=1S/C26H34N4/c1-17(2)23-13-20(14-25-29-24-10-7-8-18(3)26(24)30-25)19(4)12-21(23)15-27-16-22-9-5-6-11-28-22/h5-12,17,20-21,23,27H,13-16H2,1-4H3,(H,29,30)/t20-,21-,23-/m0/s1. The Kier molecular flexibility index (Phi) is 6.33. The first kappa shape index (κ1) is 20.8. The molecular weight excluding hydrogens is 368 g/mol. The summed E-state index contributed by atoms with van der Waals surface area (Å²) in [5.74, 6) is 3.59. The van der Waals surface area contributed by atoms with Gasteiger partial charge in [-0.15, -0.1) is 0 Å². The Morgan fingerprint density at radius 1 is 1.13 bits per heavy atom. The molecule has 4 heteroatoms. The number of nitrogens with zero attached hydrogens (tertiary/aromatic N) is 2. The molecule has 2 N–H and O–H groups in total. The number of aromatic amines is 1. The molecule has 0 fully saturated rings. The number of allylic oxidation sites excluding steroid dienone is 1. The minimum atomic E-state index is 0.560. The second kappa shape index (κ2) is 9.13. The first-order valence-corrected chi connectivity index (χ1v) is 11.2. The Labute approximate surface area is 180 Å². The van der Waals surface area contributed by atoms with Crippen LogP contribution in [0.15, 0.2) is 54.2 Å². The van der Waals surface area contributed by atoms with Gasteiger partial charge in [0.15, 0.2) is 0 Å². The van der Waals surface area contributed by atoms with Crippen LogP contribution in [0.25, 0.3) is 11.0 Å². The van der Waals surface area contributed by atoms with Gasteiger partial charge in [-0.3, -0.25) is 4.98 Å². The van der Waals surface area contributed by atoms with Gasteiger partial charge in [0, 0.05) is 25.7 Å². The van der Waals surface area contributed by atoms with Crippen molar-refractivity contribution in [1.29, 1.82) is 0 Å². The Hall–Kier alpha value is -2.46. The fourth-order valence-corrected chi connectivity index (χ4v) is 4.93. The van der Waals surface area contributed by atoms with Crippen LogP contribution in [0.4, 0.5) is 0 Å². The van der Waals surface area contributed by atoms with Crippen LogP contribution in [0, 0.1) is 30.6 Å². The summed E-state index contributed by atoms with van der Waals surface area (Å²) in [5.41, 5.74) is 6.12. The molecule has 4 rings (SSSR count). The summed E-state index contributed by atoms with van der Waals surface area (Å²) in [6, 6.07) is 12.5. The van der Waals surface area contributed by atoms with E-state index in [-0.39, 0.29) is 0 Å². The number of imidazole rings is 1. The molecule has 2 heterocycles. The fourth-order valence-electron chi connectivity index (χ4n) is 4.93. The van der Waals surface area contributed by atoms with E-state index in [0.717, 1.165) is 42.1 Å². The second-order valence-corrected chi connectivity index (χ2v) is 9.23. The average Bonchev–Trinajstić information content (AvgIpc) is 3.14. The van der Waals surface area contributed by atoms with Crippen LogP contribution in [0.1, 0.15) is 44.3 Å². The molecule has 4 nitrogen and oxygen atoms in total. The third-order valence-corrected chi connectivity index (χ3v) is 6.70. The highest BCUT2D eigenvalue weighted by molar-refractivity contribution is 5.78. The number of hydrogen-bond acceptors (Lipinski definition) is 3. The molecule has 0 spiro atoms. The number of fused-ring (bicyclic) bond motifs is 1. The normalized spacial score (nSPS) is 21.9. The maximum Gasteiger partial charge on any atom is 0.107 e. The van der Waals surface area contributed by atoms with Gasteiger partial charge in [-0.05, 0) is 67.7 Å². The van der Waals surface area contributed by atoms with E-state index in [0.29, 0.717) is 23.7 Å². The molecule has 2 aromatic heterocycles. The zero-order valence-electron chi connectivity index (χ0n) is 18.7. The first-order chi connectivity index (χ1) is 14.5. The van der Waals surface area contributed by atoms with E-state index in [9.17, 15) is 0 Å². The quantitative estimate of drug-likeness (QED) is 0.517. The molecule has 30 heavy (non-hydrogen) atoms. The van der Waals surface area contributed by atoms with Gasteiger partial charge in [0.1, 0.15) is 5.82 Å². The topological polar surface area (TPSA) is 53.6 Å². The second-order valence-electron chi connectivity index (χ2n) is 9.23. The summed E-state index contributed by atoms with van der Waals surface area (Å²) in [4.78, 5) is 12.9. The van der Waals surface area contributed by atoms with Crippen molar-refractivity contribution in [2.24, 2.45) is 23.7 Å². The molecule has 0 saturated heterocycles. The van der Waals surface area contributed by atoms with E-state index in [1.165, 1.54) is 17.6 Å². The van der Waals surface area contributed by atoms with E-state index in [1.54, 1.807) is 0 Å². The molecule has 0 unspecified atom stereocenters. The van der Waals surface area contributed by atoms with Crippen molar-refractivity contribution >= 4 is 11.0 Å². The summed E-state index contributed by atoms with van der Waals surface area (Å²) in [6.07, 6.45) is 6.61. The van der Waals surface area contributed by atoms with Crippen LogP contribution in [0.2, 0.25) is 0 Å². The van der Waals surface area contributed by atoms with Crippen molar-refractivity contribution in [1.82, 2.24) is 20.3 Å². The van der Waals surface area contributed by atoms with E-state index >= 15 is 0 Å². The highest BCUT2D eigenvalue weighted by atomic mass is 14.9. The van der Waals surface area contributed by atoms with Crippen molar-refractivity contribution in [3.63, 3.8) is 0 Å². The smallest absolute Gasteiger partial charge is 0.107 e. The van der Waals surface area contributed by atoms with Gasteiger partial charge in [-0.25, -0.2) is 4.98 Å². The van der Waals surface area contributed by atoms with E-state index < -0.39 is 0 Å². The van der Waals surface area contributed by atoms with Gasteiger partial charge in [-0.1, -0.05) is 43.7 Å². The molecule has 1 aromatic carbocycles. The molecule has 158 valence electrons. The summed E-state index contributed by atoms with van der Waals surface area (Å²) in [6.45, 7) is 11.0. The molecule has 0 radical (unpaired) electrons. The van der Waals surface area contributed by atoms with Gasteiger partial charge >= 0.3 is 0 Å². The zero-order chi connectivity index (χ0) is 21.1. The SMILES string of the molecule is CC1=C[C@@H](CNCc2ccccn2)[C@H](C(C)C)C[C@H]1Cc1nc2c(C)cccc2[nH]1. The van der Waals surface area contributed by atoms with E-state index in [2.05, 4.69) is 79.4 Å². The lowest BCUT2D eigenvalue weighted by Gasteiger charge is -2.37. The molecule has 0 bridgehead atoms. The van der Waals surface area contributed by atoms with Crippen LogP contribution in [0.5, 0.6) is 0 Å². The van der Waals surface area contributed by atoms with Gasteiger partial charge in [-0.2, -0.15) is 0 Å². The first-order valence-electron chi connectivity index (χ1n) is 11.2. The molecule has 0 aliphatic heterocycles.